The van der Waals surface area contributed by atoms with Gasteiger partial charge in [-0.25, -0.2) is 0 Å². The van der Waals surface area contributed by atoms with Crippen LogP contribution in [0.4, 0.5) is 0 Å². The van der Waals surface area contributed by atoms with Gasteiger partial charge in [-0.15, -0.1) is 0 Å². The maximum atomic E-state index is 11.7. The summed E-state index contributed by atoms with van der Waals surface area (Å²) in [5.74, 6) is -0.574. The first-order valence-corrected chi connectivity index (χ1v) is 6.17. The maximum Gasteiger partial charge on any atom is 0.222 e. The second-order valence-electron chi connectivity index (χ2n) is 4.92. The van der Waals surface area contributed by atoms with Gasteiger partial charge in [0.15, 0.2) is 5.79 Å². The first kappa shape index (κ1) is 13.1. The number of carbonyl (C=O) groups is 1. The van der Waals surface area contributed by atoms with Gasteiger partial charge in [0.25, 0.3) is 0 Å². The number of benzene rings is 1. The Morgan fingerprint density at radius 3 is 2.72 bits per heavy atom. The molecule has 1 fully saturated rings. The van der Waals surface area contributed by atoms with Gasteiger partial charge in [0.2, 0.25) is 5.91 Å². The molecule has 2 rings (SSSR count). The second kappa shape index (κ2) is 5.50. The van der Waals surface area contributed by atoms with E-state index in [4.69, 9.17) is 9.47 Å². The fourth-order valence-corrected chi connectivity index (χ4v) is 1.94. The number of nitrogens with one attached hydrogen (secondary N) is 1. The topological polar surface area (TPSA) is 47.6 Å². The van der Waals surface area contributed by atoms with E-state index in [-0.39, 0.29) is 12.0 Å². The van der Waals surface area contributed by atoms with Crippen LogP contribution < -0.4 is 5.32 Å². The number of amides is 1. The Hall–Kier alpha value is -1.39. The molecule has 1 aliphatic rings. The van der Waals surface area contributed by atoms with Gasteiger partial charge in [-0.1, -0.05) is 30.3 Å². The van der Waals surface area contributed by atoms with Gasteiger partial charge in [0.1, 0.15) is 0 Å². The normalized spacial score (nSPS) is 21.8. The van der Waals surface area contributed by atoms with E-state index >= 15 is 0 Å². The summed E-state index contributed by atoms with van der Waals surface area (Å²) in [6.45, 7) is 4.74. The van der Waals surface area contributed by atoms with Crippen molar-refractivity contribution in [2.45, 2.75) is 38.7 Å². The summed E-state index contributed by atoms with van der Waals surface area (Å²) in [7, 11) is 0. The predicted octanol–water partition coefficient (Wildman–Crippen LogP) is 1.84. The van der Waals surface area contributed by atoms with Crippen LogP contribution in [0.5, 0.6) is 0 Å². The maximum absolute atomic E-state index is 11.7. The molecule has 0 unspecified atom stereocenters. The molecule has 0 radical (unpaired) electrons. The molecule has 98 valence electrons. The second-order valence-corrected chi connectivity index (χ2v) is 4.92. The van der Waals surface area contributed by atoms with E-state index in [1.54, 1.807) is 0 Å². The number of rotatable bonds is 4. The Morgan fingerprint density at radius 1 is 1.39 bits per heavy atom. The van der Waals surface area contributed by atoms with Crippen molar-refractivity contribution in [3.05, 3.63) is 35.9 Å². The lowest BCUT2D eigenvalue weighted by Gasteiger charge is -2.16. The van der Waals surface area contributed by atoms with Crippen molar-refractivity contribution in [2.75, 3.05) is 6.61 Å². The number of hydrogen-bond donors (Lipinski definition) is 1. The molecule has 1 saturated heterocycles. The summed E-state index contributed by atoms with van der Waals surface area (Å²) < 4.78 is 11.0. The van der Waals surface area contributed by atoms with Gasteiger partial charge in [0.05, 0.1) is 19.1 Å². The van der Waals surface area contributed by atoms with E-state index in [0.717, 1.165) is 5.56 Å². The predicted molar refractivity (Wildman–Crippen MR) is 67.8 cm³/mol. The van der Waals surface area contributed by atoms with Crippen molar-refractivity contribution in [3.63, 3.8) is 0 Å². The standard InChI is InChI=1S/C14H19NO3/c1-14(2)17-10-12(18-14)8-13(16)15-9-11-6-4-3-5-7-11/h3-7,12H,8-10H2,1-2H3,(H,15,16)/t12-/m0/s1. The van der Waals surface area contributed by atoms with Gasteiger partial charge in [0, 0.05) is 6.54 Å². The van der Waals surface area contributed by atoms with Crippen molar-refractivity contribution < 1.29 is 14.3 Å². The minimum atomic E-state index is -0.565. The van der Waals surface area contributed by atoms with E-state index in [2.05, 4.69) is 5.32 Å². The largest absolute Gasteiger partial charge is 0.352 e. The average molecular weight is 249 g/mol. The first-order chi connectivity index (χ1) is 8.55. The highest BCUT2D eigenvalue weighted by molar-refractivity contribution is 5.76. The van der Waals surface area contributed by atoms with E-state index < -0.39 is 5.79 Å². The number of hydrogen-bond acceptors (Lipinski definition) is 3. The van der Waals surface area contributed by atoms with Gasteiger partial charge in [-0.2, -0.15) is 0 Å². The van der Waals surface area contributed by atoms with Crippen LogP contribution in [0.3, 0.4) is 0 Å². The molecule has 1 atom stereocenters. The van der Waals surface area contributed by atoms with Crippen LogP contribution in [0.15, 0.2) is 30.3 Å². The van der Waals surface area contributed by atoms with E-state index in [0.29, 0.717) is 19.6 Å². The van der Waals surface area contributed by atoms with Gasteiger partial charge >= 0.3 is 0 Å². The SMILES string of the molecule is CC1(C)OC[C@H](CC(=O)NCc2ccccc2)O1. The minimum absolute atomic E-state index is 0.00912. The molecule has 0 bridgehead atoms. The first-order valence-electron chi connectivity index (χ1n) is 6.17. The lowest BCUT2D eigenvalue weighted by molar-refractivity contribution is -0.143. The van der Waals surface area contributed by atoms with E-state index in [9.17, 15) is 4.79 Å². The molecule has 4 nitrogen and oxygen atoms in total. The molecule has 0 aliphatic carbocycles. The molecule has 0 aromatic heterocycles. The Kier molecular flexibility index (Phi) is 3.99. The highest BCUT2D eigenvalue weighted by Gasteiger charge is 2.33. The van der Waals surface area contributed by atoms with Crippen molar-refractivity contribution in [3.8, 4) is 0 Å². The molecule has 1 N–H and O–H groups in total. The minimum Gasteiger partial charge on any atom is -0.352 e. The van der Waals surface area contributed by atoms with E-state index in [1.165, 1.54) is 0 Å². The highest BCUT2D eigenvalue weighted by Crippen LogP contribution is 2.23. The average Bonchev–Trinajstić information content (AvgIpc) is 2.67. The smallest absolute Gasteiger partial charge is 0.222 e. The van der Waals surface area contributed by atoms with Crippen molar-refractivity contribution in [1.82, 2.24) is 5.32 Å². The Morgan fingerprint density at radius 2 is 2.11 bits per heavy atom. The molecular formula is C14H19NO3. The number of carbonyl (C=O) groups excluding carboxylic acids is 1. The van der Waals surface area contributed by atoms with Crippen LogP contribution in [0.1, 0.15) is 25.8 Å². The third kappa shape index (κ3) is 3.82. The Bertz CT molecular complexity index is 403. The van der Waals surface area contributed by atoms with E-state index in [1.807, 2.05) is 44.2 Å². The van der Waals surface area contributed by atoms with Crippen LogP contribution in [0.25, 0.3) is 0 Å². The summed E-state index contributed by atoms with van der Waals surface area (Å²) in [4.78, 5) is 11.7. The highest BCUT2D eigenvalue weighted by atomic mass is 16.7. The monoisotopic (exact) mass is 249 g/mol. The zero-order chi connectivity index (χ0) is 13.0. The summed E-state index contributed by atoms with van der Waals surface area (Å²) in [5.41, 5.74) is 1.09. The third-order valence-corrected chi connectivity index (χ3v) is 2.81. The number of ether oxygens (including phenoxy) is 2. The van der Waals surface area contributed by atoms with Crippen molar-refractivity contribution in [1.29, 1.82) is 0 Å². The van der Waals surface area contributed by atoms with Crippen LogP contribution in [-0.2, 0) is 20.8 Å². The van der Waals surface area contributed by atoms with Crippen LogP contribution in [0.2, 0.25) is 0 Å². The quantitative estimate of drug-likeness (QED) is 0.885. The molecule has 1 aromatic rings. The van der Waals surface area contributed by atoms with Crippen LogP contribution in [-0.4, -0.2) is 24.4 Å². The summed E-state index contributed by atoms with van der Waals surface area (Å²) in [6, 6.07) is 9.84. The zero-order valence-corrected chi connectivity index (χ0v) is 10.8. The van der Waals surface area contributed by atoms with Crippen LogP contribution in [0, 0.1) is 0 Å². The summed E-state index contributed by atoms with van der Waals surface area (Å²) in [6.07, 6.45) is 0.201. The van der Waals surface area contributed by atoms with Crippen LogP contribution >= 0.6 is 0 Å². The molecule has 1 aromatic carbocycles. The van der Waals surface area contributed by atoms with Gasteiger partial charge in [-0.3, -0.25) is 4.79 Å². The van der Waals surface area contributed by atoms with Gasteiger partial charge < -0.3 is 14.8 Å². The van der Waals surface area contributed by atoms with Crippen molar-refractivity contribution >= 4 is 5.91 Å². The molecule has 0 saturated carbocycles. The molecule has 0 spiro atoms. The molecule has 1 aliphatic heterocycles. The summed E-state index contributed by atoms with van der Waals surface area (Å²) in [5, 5.41) is 2.88. The molecule has 18 heavy (non-hydrogen) atoms. The Balaban J connectivity index is 1.73. The fraction of sp³-hybridized carbons (Fsp3) is 0.500. The lowest BCUT2D eigenvalue weighted by atomic mass is 10.2. The molecule has 4 heteroatoms. The van der Waals surface area contributed by atoms with Crippen molar-refractivity contribution in [2.24, 2.45) is 0 Å². The molecular weight excluding hydrogens is 230 g/mol. The fourth-order valence-electron chi connectivity index (χ4n) is 1.94. The zero-order valence-electron chi connectivity index (χ0n) is 10.8. The summed E-state index contributed by atoms with van der Waals surface area (Å²) >= 11 is 0. The molecule has 1 heterocycles. The lowest BCUT2D eigenvalue weighted by Crippen LogP contribution is -2.29. The van der Waals surface area contributed by atoms with Gasteiger partial charge in [-0.05, 0) is 19.4 Å². The third-order valence-electron chi connectivity index (χ3n) is 2.81. The Labute approximate surface area is 107 Å². The molecule has 1 amide bonds.